The van der Waals surface area contributed by atoms with E-state index in [9.17, 15) is 4.21 Å². The molecule has 0 heterocycles. The highest BCUT2D eigenvalue weighted by molar-refractivity contribution is 7.85. The van der Waals surface area contributed by atoms with Gasteiger partial charge >= 0.3 is 0 Å². The molecule has 2 rings (SSSR count). The molecule has 2 aromatic carbocycles. The minimum Gasteiger partial charge on any atom is -0.323 e. The van der Waals surface area contributed by atoms with E-state index in [0.717, 1.165) is 32.3 Å². The van der Waals surface area contributed by atoms with Gasteiger partial charge in [0.2, 0.25) is 0 Å². The summed E-state index contributed by atoms with van der Waals surface area (Å²) in [5, 5.41) is 7.29. The first-order valence-electron chi connectivity index (χ1n) is 6.68. The first-order valence-corrected chi connectivity index (χ1v) is 7.83. The molecular weight excluding hydrogens is 296 g/mol. The van der Waals surface area contributed by atoms with Crippen LogP contribution >= 0.6 is 0 Å². The van der Waals surface area contributed by atoms with Crippen LogP contribution in [0, 0.1) is 0 Å². The third-order valence-corrected chi connectivity index (χ3v) is 4.76. The van der Waals surface area contributed by atoms with Crippen LogP contribution in [0.1, 0.15) is 25.0 Å². The molecule has 0 amide bonds. The van der Waals surface area contributed by atoms with Gasteiger partial charge in [-0.15, -0.1) is 0 Å². The highest BCUT2D eigenvalue weighted by atomic mass is 32.2. The van der Waals surface area contributed by atoms with Gasteiger partial charge in [0, 0.05) is 9.79 Å². The van der Waals surface area contributed by atoms with Gasteiger partial charge in [-0.05, 0) is 49.2 Å². The first-order chi connectivity index (χ1) is 10.6. The lowest BCUT2D eigenvalue weighted by atomic mass is 10.1. The van der Waals surface area contributed by atoms with E-state index < -0.39 is 10.8 Å². The molecular formula is C16H18N4OS. The van der Waals surface area contributed by atoms with Crippen LogP contribution < -0.4 is 11.7 Å². The van der Waals surface area contributed by atoms with Crippen molar-refractivity contribution in [2.75, 3.05) is 0 Å². The maximum absolute atomic E-state index is 12.5. The minimum absolute atomic E-state index is 0.727. The van der Waals surface area contributed by atoms with Crippen LogP contribution in [-0.4, -0.2) is 15.6 Å². The summed E-state index contributed by atoms with van der Waals surface area (Å²) in [7, 11) is -1.24. The van der Waals surface area contributed by atoms with Gasteiger partial charge in [-0.25, -0.2) is 4.21 Å². The van der Waals surface area contributed by atoms with E-state index in [-0.39, 0.29) is 0 Å². The molecule has 0 aliphatic carbocycles. The van der Waals surface area contributed by atoms with Gasteiger partial charge in [0.05, 0.1) is 22.2 Å². The average Bonchev–Trinajstić information content (AvgIpc) is 2.60. The standard InChI is InChI=1S/C16H18N4OS/c1-11(19-17)13-3-7-15(8-4-13)22(21)16-9-5-14(6-10-16)12(2)20-18/h3-10H,17-18H2,1-2H3/b19-11-,20-12-. The maximum Gasteiger partial charge on any atom is 0.0849 e. The largest absolute Gasteiger partial charge is 0.323 e. The van der Waals surface area contributed by atoms with Crippen molar-refractivity contribution in [2.24, 2.45) is 21.9 Å². The molecule has 0 fully saturated rings. The fraction of sp³-hybridized carbons (Fsp3) is 0.125. The summed E-state index contributed by atoms with van der Waals surface area (Å²) in [6.45, 7) is 3.65. The lowest BCUT2D eigenvalue weighted by Gasteiger charge is -2.05. The van der Waals surface area contributed by atoms with Crippen LogP contribution in [0.2, 0.25) is 0 Å². The first kappa shape index (κ1) is 15.9. The number of nitrogens with two attached hydrogens (primary N) is 2. The summed E-state index contributed by atoms with van der Waals surface area (Å²) in [6.07, 6.45) is 0. The van der Waals surface area contributed by atoms with E-state index in [1.165, 1.54) is 0 Å². The van der Waals surface area contributed by atoms with Crippen molar-refractivity contribution in [2.45, 2.75) is 23.6 Å². The van der Waals surface area contributed by atoms with Crippen LogP contribution in [0.25, 0.3) is 0 Å². The van der Waals surface area contributed by atoms with E-state index in [0.29, 0.717) is 0 Å². The second kappa shape index (κ2) is 7.00. The summed E-state index contributed by atoms with van der Waals surface area (Å²) in [6, 6.07) is 14.7. The van der Waals surface area contributed by atoms with Crippen molar-refractivity contribution in [1.29, 1.82) is 0 Å². The van der Waals surface area contributed by atoms with Gasteiger partial charge in [-0.1, -0.05) is 24.3 Å². The Kier molecular flexibility index (Phi) is 5.06. The second-order valence-electron chi connectivity index (χ2n) is 4.75. The normalized spacial score (nSPS) is 13.9. The summed E-state index contributed by atoms with van der Waals surface area (Å²) >= 11 is 0. The molecule has 6 heteroatoms. The van der Waals surface area contributed by atoms with Crippen LogP contribution in [-0.2, 0) is 10.8 Å². The van der Waals surface area contributed by atoms with Crippen molar-refractivity contribution in [1.82, 2.24) is 0 Å². The SMILES string of the molecule is C/C(=N/N)c1ccc(S(=O)c2ccc(/C(C)=N\N)cc2)cc1. The molecule has 0 aromatic heterocycles. The molecule has 4 N–H and O–H groups in total. The number of hydrazone groups is 2. The molecule has 114 valence electrons. The third kappa shape index (κ3) is 3.40. The third-order valence-electron chi connectivity index (χ3n) is 3.36. The zero-order chi connectivity index (χ0) is 16.1. The zero-order valence-electron chi connectivity index (χ0n) is 12.5. The molecule has 22 heavy (non-hydrogen) atoms. The summed E-state index contributed by atoms with van der Waals surface area (Å²) in [5.74, 6) is 10.5. The molecule has 0 unspecified atom stereocenters. The zero-order valence-corrected chi connectivity index (χ0v) is 13.3. The Hall–Kier alpha value is -2.47. The van der Waals surface area contributed by atoms with Gasteiger partial charge < -0.3 is 11.7 Å². The molecule has 0 bridgehead atoms. The Bertz CT molecular complexity index is 670. The molecule has 0 aliphatic rings. The van der Waals surface area contributed by atoms with Crippen LogP contribution in [0.5, 0.6) is 0 Å². The van der Waals surface area contributed by atoms with Gasteiger partial charge in [-0.3, -0.25) is 0 Å². The van der Waals surface area contributed by atoms with Gasteiger partial charge in [0.1, 0.15) is 0 Å². The van der Waals surface area contributed by atoms with Gasteiger partial charge in [0.25, 0.3) is 0 Å². The summed E-state index contributed by atoms with van der Waals surface area (Å²) in [4.78, 5) is 1.45. The fourth-order valence-electron chi connectivity index (χ4n) is 1.92. The van der Waals surface area contributed by atoms with Crippen molar-refractivity contribution < 1.29 is 4.21 Å². The number of hydrogen-bond acceptors (Lipinski definition) is 5. The maximum atomic E-state index is 12.5. The van der Waals surface area contributed by atoms with Gasteiger partial charge in [0.15, 0.2) is 0 Å². The fourth-order valence-corrected chi connectivity index (χ4v) is 2.96. The van der Waals surface area contributed by atoms with Crippen LogP contribution in [0.3, 0.4) is 0 Å². The van der Waals surface area contributed by atoms with Gasteiger partial charge in [-0.2, -0.15) is 10.2 Å². The number of rotatable bonds is 4. The predicted octanol–water partition coefficient (Wildman–Crippen LogP) is 2.22. The lowest BCUT2D eigenvalue weighted by Crippen LogP contribution is -2.01. The van der Waals surface area contributed by atoms with Crippen molar-refractivity contribution in [3.63, 3.8) is 0 Å². The van der Waals surface area contributed by atoms with Crippen LogP contribution in [0.15, 0.2) is 68.5 Å². The molecule has 0 spiro atoms. The van der Waals surface area contributed by atoms with E-state index in [1.807, 2.05) is 62.4 Å². The molecule has 0 radical (unpaired) electrons. The highest BCUT2D eigenvalue weighted by Crippen LogP contribution is 2.18. The Balaban J connectivity index is 2.24. The average molecular weight is 314 g/mol. The molecule has 0 aliphatic heterocycles. The number of benzene rings is 2. The minimum atomic E-state index is -1.24. The van der Waals surface area contributed by atoms with E-state index in [2.05, 4.69) is 10.2 Å². The number of nitrogens with zero attached hydrogens (tertiary/aromatic N) is 2. The summed E-state index contributed by atoms with van der Waals surface area (Å²) < 4.78 is 12.5. The summed E-state index contributed by atoms with van der Waals surface area (Å²) in [5.41, 5.74) is 3.29. The molecule has 0 saturated heterocycles. The monoisotopic (exact) mass is 314 g/mol. The van der Waals surface area contributed by atoms with Crippen molar-refractivity contribution in [3.05, 3.63) is 59.7 Å². The predicted molar refractivity (Wildman–Crippen MR) is 90.4 cm³/mol. The van der Waals surface area contributed by atoms with Crippen molar-refractivity contribution in [3.8, 4) is 0 Å². The van der Waals surface area contributed by atoms with E-state index in [1.54, 1.807) is 0 Å². The Morgan fingerprint density at radius 3 is 1.36 bits per heavy atom. The topological polar surface area (TPSA) is 93.8 Å². The molecule has 0 atom stereocenters. The van der Waals surface area contributed by atoms with Crippen molar-refractivity contribution >= 4 is 22.2 Å². The Morgan fingerprint density at radius 2 is 1.09 bits per heavy atom. The molecule has 2 aromatic rings. The lowest BCUT2D eigenvalue weighted by molar-refractivity contribution is 0.683. The molecule has 0 saturated carbocycles. The highest BCUT2D eigenvalue weighted by Gasteiger charge is 2.08. The van der Waals surface area contributed by atoms with E-state index in [4.69, 9.17) is 11.7 Å². The second-order valence-corrected chi connectivity index (χ2v) is 6.23. The molecule has 5 nitrogen and oxygen atoms in total. The Morgan fingerprint density at radius 1 is 0.773 bits per heavy atom. The van der Waals surface area contributed by atoms with Crippen LogP contribution in [0.4, 0.5) is 0 Å². The Labute approximate surface area is 132 Å². The number of hydrogen-bond donors (Lipinski definition) is 2. The smallest absolute Gasteiger partial charge is 0.0849 e. The van der Waals surface area contributed by atoms with E-state index >= 15 is 0 Å². The quantitative estimate of drug-likeness (QED) is 0.515.